The fraction of sp³-hybridized carbons (Fsp3) is 0.0385. The molecule has 0 fully saturated rings. The number of rotatable bonds is 4. The number of hydrogen-bond acceptors (Lipinski definition) is 1. The maximum atomic E-state index is 4.75. The molecule has 2 nitrogen and oxygen atoms in total. The Labute approximate surface area is 164 Å². The Morgan fingerprint density at radius 2 is 1.04 bits per heavy atom. The molecule has 0 spiro atoms. The van der Waals surface area contributed by atoms with Crippen LogP contribution in [0.2, 0.25) is 0 Å². The molecule has 3 aromatic carbocycles. The molecule has 0 atom stereocenters. The number of nitrogens with zero attached hydrogens (tertiary/aromatic N) is 2. The molecule has 0 bridgehead atoms. The van der Waals surface area contributed by atoms with E-state index in [2.05, 4.69) is 114 Å². The minimum Gasteiger partial charge on any atom is -0.314 e. The van der Waals surface area contributed by atoms with E-state index in [0.717, 1.165) is 11.0 Å². The number of aromatic nitrogens is 2. The van der Waals surface area contributed by atoms with Gasteiger partial charge in [0, 0.05) is 17.8 Å². The molecular formula is C26H20N2. The van der Waals surface area contributed by atoms with Gasteiger partial charge in [-0.3, -0.25) is 0 Å². The van der Waals surface area contributed by atoms with E-state index in [1.807, 2.05) is 12.3 Å². The minimum absolute atomic E-state index is 0.514. The van der Waals surface area contributed by atoms with Crippen molar-refractivity contribution >= 4 is 11.0 Å². The lowest BCUT2D eigenvalue weighted by atomic mass is 9.76. The van der Waals surface area contributed by atoms with Gasteiger partial charge in [-0.15, -0.1) is 0 Å². The van der Waals surface area contributed by atoms with Gasteiger partial charge >= 0.3 is 0 Å². The second kappa shape index (κ2) is 6.82. The Hall–Kier alpha value is -3.65. The first-order valence-electron chi connectivity index (χ1n) is 9.50. The third kappa shape index (κ3) is 2.46. The SMILES string of the molecule is c1ccc(C(c2ccccc2)(c2ccccc2)n2ccc3cccnc32)cc1. The molecule has 5 aromatic rings. The maximum Gasteiger partial charge on any atom is 0.141 e. The molecule has 134 valence electrons. The molecular weight excluding hydrogens is 340 g/mol. The van der Waals surface area contributed by atoms with Gasteiger partial charge < -0.3 is 4.57 Å². The van der Waals surface area contributed by atoms with Crippen molar-refractivity contribution in [3.05, 3.63) is 138 Å². The van der Waals surface area contributed by atoms with Crippen LogP contribution in [0.4, 0.5) is 0 Å². The van der Waals surface area contributed by atoms with E-state index in [9.17, 15) is 0 Å². The van der Waals surface area contributed by atoms with Crippen LogP contribution in [0.5, 0.6) is 0 Å². The highest BCUT2D eigenvalue weighted by atomic mass is 15.1. The molecule has 0 aliphatic heterocycles. The van der Waals surface area contributed by atoms with Crippen LogP contribution in [-0.2, 0) is 5.54 Å². The summed E-state index contributed by atoms with van der Waals surface area (Å²) in [5.41, 5.74) is 4.07. The maximum absolute atomic E-state index is 4.75. The third-order valence-corrected chi connectivity index (χ3v) is 5.38. The average molecular weight is 360 g/mol. The summed E-state index contributed by atoms with van der Waals surface area (Å²) in [5.74, 6) is 0. The van der Waals surface area contributed by atoms with Crippen molar-refractivity contribution in [3.8, 4) is 0 Å². The number of benzene rings is 3. The number of fused-ring (bicyclic) bond motifs is 1. The zero-order valence-electron chi connectivity index (χ0n) is 15.4. The first-order chi connectivity index (χ1) is 13.9. The van der Waals surface area contributed by atoms with Gasteiger partial charge in [0.15, 0.2) is 0 Å². The standard InChI is InChI=1S/C26H20N2/c1-4-12-22(13-5-1)26(23-14-6-2-7-15-23,24-16-8-3-9-17-24)28-20-18-21-11-10-19-27-25(21)28/h1-20H. The highest BCUT2D eigenvalue weighted by Crippen LogP contribution is 2.42. The van der Waals surface area contributed by atoms with Crippen molar-refractivity contribution in [2.45, 2.75) is 5.54 Å². The molecule has 0 unspecified atom stereocenters. The molecule has 2 heteroatoms. The van der Waals surface area contributed by atoms with E-state index in [4.69, 9.17) is 4.98 Å². The summed E-state index contributed by atoms with van der Waals surface area (Å²) in [6.07, 6.45) is 4.02. The lowest BCUT2D eigenvalue weighted by Gasteiger charge is -2.38. The van der Waals surface area contributed by atoms with E-state index in [1.165, 1.54) is 16.7 Å². The molecule has 0 N–H and O–H groups in total. The average Bonchev–Trinajstić information content (AvgIpc) is 3.21. The van der Waals surface area contributed by atoms with Gasteiger partial charge in [-0.1, -0.05) is 91.0 Å². The van der Waals surface area contributed by atoms with Gasteiger partial charge in [0.2, 0.25) is 0 Å². The Kier molecular flexibility index (Phi) is 4.02. The van der Waals surface area contributed by atoms with E-state index in [0.29, 0.717) is 0 Å². The molecule has 0 amide bonds. The Bertz CT molecular complexity index is 1100. The molecule has 0 aliphatic rings. The Morgan fingerprint density at radius 3 is 1.54 bits per heavy atom. The summed E-state index contributed by atoms with van der Waals surface area (Å²) in [6, 6.07) is 38.3. The van der Waals surface area contributed by atoms with Gasteiger partial charge in [0.1, 0.15) is 11.2 Å². The summed E-state index contributed by atoms with van der Waals surface area (Å²) in [7, 11) is 0. The molecule has 0 saturated heterocycles. The molecule has 2 aromatic heterocycles. The third-order valence-electron chi connectivity index (χ3n) is 5.38. The minimum atomic E-state index is -0.514. The van der Waals surface area contributed by atoms with Crippen LogP contribution in [-0.4, -0.2) is 9.55 Å². The van der Waals surface area contributed by atoms with Crippen LogP contribution in [0.1, 0.15) is 16.7 Å². The van der Waals surface area contributed by atoms with Crippen molar-refractivity contribution in [1.29, 1.82) is 0 Å². The van der Waals surface area contributed by atoms with Crippen LogP contribution >= 0.6 is 0 Å². The fourth-order valence-corrected chi connectivity index (χ4v) is 4.19. The summed E-state index contributed by atoms with van der Waals surface area (Å²) in [6.45, 7) is 0. The smallest absolute Gasteiger partial charge is 0.141 e. The molecule has 0 saturated carbocycles. The zero-order valence-corrected chi connectivity index (χ0v) is 15.4. The monoisotopic (exact) mass is 360 g/mol. The van der Waals surface area contributed by atoms with Gasteiger partial charge in [-0.2, -0.15) is 0 Å². The van der Waals surface area contributed by atoms with E-state index >= 15 is 0 Å². The van der Waals surface area contributed by atoms with Crippen LogP contribution in [0.15, 0.2) is 122 Å². The second-order valence-electron chi connectivity index (χ2n) is 6.91. The van der Waals surface area contributed by atoms with Crippen LogP contribution in [0, 0.1) is 0 Å². The van der Waals surface area contributed by atoms with Gasteiger partial charge in [0.25, 0.3) is 0 Å². The highest BCUT2D eigenvalue weighted by Gasteiger charge is 2.39. The lowest BCUT2D eigenvalue weighted by molar-refractivity contribution is 0.530. The summed E-state index contributed by atoms with van der Waals surface area (Å²) < 4.78 is 2.31. The second-order valence-corrected chi connectivity index (χ2v) is 6.91. The summed E-state index contributed by atoms with van der Waals surface area (Å²) >= 11 is 0. The van der Waals surface area contributed by atoms with Crippen molar-refractivity contribution < 1.29 is 0 Å². The van der Waals surface area contributed by atoms with E-state index in [1.54, 1.807) is 0 Å². The predicted molar refractivity (Wildman–Crippen MR) is 114 cm³/mol. The zero-order chi connectivity index (χ0) is 18.8. The van der Waals surface area contributed by atoms with Gasteiger partial charge in [-0.05, 0) is 34.9 Å². The predicted octanol–water partition coefficient (Wildman–Crippen LogP) is 5.88. The quantitative estimate of drug-likeness (QED) is 0.366. The fourth-order valence-electron chi connectivity index (χ4n) is 4.19. The van der Waals surface area contributed by atoms with Crippen molar-refractivity contribution in [2.24, 2.45) is 0 Å². The molecule has 0 aliphatic carbocycles. The van der Waals surface area contributed by atoms with Crippen LogP contribution in [0.3, 0.4) is 0 Å². The van der Waals surface area contributed by atoms with Crippen molar-refractivity contribution in [3.63, 3.8) is 0 Å². The number of hydrogen-bond donors (Lipinski definition) is 0. The van der Waals surface area contributed by atoms with Crippen LogP contribution < -0.4 is 0 Å². The largest absolute Gasteiger partial charge is 0.314 e. The molecule has 28 heavy (non-hydrogen) atoms. The Morgan fingerprint density at radius 1 is 0.536 bits per heavy atom. The van der Waals surface area contributed by atoms with Gasteiger partial charge in [-0.25, -0.2) is 4.98 Å². The topological polar surface area (TPSA) is 17.8 Å². The summed E-state index contributed by atoms with van der Waals surface area (Å²) in [5, 5.41) is 1.13. The molecule has 5 rings (SSSR count). The number of pyridine rings is 1. The normalized spacial score (nSPS) is 11.6. The highest BCUT2D eigenvalue weighted by molar-refractivity contribution is 5.77. The van der Waals surface area contributed by atoms with E-state index < -0.39 is 5.54 Å². The molecule has 0 radical (unpaired) electrons. The van der Waals surface area contributed by atoms with Crippen LogP contribution in [0.25, 0.3) is 11.0 Å². The van der Waals surface area contributed by atoms with Crippen molar-refractivity contribution in [1.82, 2.24) is 9.55 Å². The first-order valence-corrected chi connectivity index (χ1v) is 9.50. The van der Waals surface area contributed by atoms with E-state index in [-0.39, 0.29) is 0 Å². The Balaban J connectivity index is 1.96. The van der Waals surface area contributed by atoms with Gasteiger partial charge in [0.05, 0.1) is 0 Å². The summed E-state index contributed by atoms with van der Waals surface area (Å²) in [4.78, 5) is 4.75. The lowest BCUT2D eigenvalue weighted by Crippen LogP contribution is -2.37. The molecule has 2 heterocycles. The van der Waals surface area contributed by atoms with Crippen molar-refractivity contribution in [2.75, 3.05) is 0 Å². The first kappa shape index (κ1) is 16.5.